The summed E-state index contributed by atoms with van der Waals surface area (Å²) in [5.41, 5.74) is 8.35. The number of nitrogens with two attached hydrogens (primary N) is 1. The number of hydrogen-bond donors (Lipinski definition) is 2. The lowest BCUT2D eigenvalue weighted by Gasteiger charge is -2.20. The van der Waals surface area contributed by atoms with Crippen molar-refractivity contribution in [1.29, 1.82) is 0 Å². The summed E-state index contributed by atoms with van der Waals surface area (Å²) in [4.78, 5) is 13.7. The van der Waals surface area contributed by atoms with Crippen LogP contribution in [0.25, 0.3) is 0 Å². The van der Waals surface area contributed by atoms with Crippen LogP contribution < -0.4 is 10.6 Å². The Morgan fingerprint density at radius 2 is 2.29 bits per heavy atom. The number of anilines is 1. The molecule has 0 radical (unpaired) electrons. The molecule has 1 amide bonds. The van der Waals surface area contributed by atoms with Gasteiger partial charge in [-0.15, -0.1) is 0 Å². The van der Waals surface area contributed by atoms with Gasteiger partial charge in [0, 0.05) is 18.7 Å². The van der Waals surface area contributed by atoms with Gasteiger partial charge in [0.05, 0.1) is 6.61 Å². The SMILES string of the molecule is Cc1c(CO)cccc1N1CC(CN)CC1=O. The zero-order valence-corrected chi connectivity index (χ0v) is 10.0. The van der Waals surface area contributed by atoms with Gasteiger partial charge in [-0.2, -0.15) is 0 Å². The van der Waals surface area contributed by atoms with Gasteiger partial charge < -0.3 is 15.7 Å². The highest BCUT2D eigenvalue weighted by molar-refractivity contribution is 5.96. The number of hydrogen-bond acceptors (Lipinski definition) is 3. The number of aliphatic hydroxyl groups is 1. The Balaban J connectivity index is 2.32. The zero-order chi connectivity index (χ0) is 12.4. The van der Waals surface area contributed by atoms with Crippen molar-refractivity contribution in [3.63, 3.8) is 0 Å². The summed E-state index contributed by atoms with van der Waals surface area (Å²) in [6.45, 7) is 3.16. The molecule has 1 aromatic carbocycles. The van der Waals surface area contributed by atoms with Gasteiger partial charge in [0.1, 0.15) is 0 Å². The van der Waals surface area contributed by atoms with Gasteiger partial charge in [0.2, 0.25) is 5.91 Å². The smallest absolute Gasteiger partial charge is 0.227 e. The van der Waals surface area contributed by atoms with E-state index in [4.69, 9.17) is 5.73 Å². The van der Waals surface area contributed by atoms with Gasteiger partial charge in [-0.05, 0) is 36.6 Å². The van der Waals surface area contributed by atoms with Crippen LogP contribution in [-0.4, -0.2) is 24.1 Å². The summed E-state index contributed by atoms with van der Waals surface area (Å²) in [6, 6.07) is 5.67. The van der Waals surface area contributed by atoms with Gasteiger partial charge in [-0.1, -0.05) is 12.1 Å². The monoisotopic (exact) mass is 234 g/mol. The molecule has 1 aliphatic rings. The number of amides is 1. The highest BCUT2D eigenvalue weighted by atomic mass is 16.3. The minimum Gasteiger partial charge on any atom is -0.392 e. The lowest BCUT2D eigenvalue weighted by Crippen LogP contribution is -2.26. The van der Waals surface area contributed by atoms with Crippen molar-refractivity contribution < 1.29 is 9.90 Å². The summed E-state index contributed by atoms with van der Waals surface area (Å²) in [6.07, 6.45) is 0.527. The molecular formula is C13H18N2O2. The summed E-state index contributed by atoms with van der Waals surface area (Å²) < 4.78 is 0. The highest BCUT2D eigenvalue weighted by Crippen LogP contribution is 2.29. The maximum absolute atomic E-state index is 11.9. The molecule has 1 heterocycles. The zero-order valence-electron chi connectivity index (χ0n) is 10.0. The second kappa shape index (κ2) is 4.85. The van der Waals surface area contributed by atoms with Crippen molar-refractivity contribution in [2.45, 2.75) is 20.0 Å². The number of carbonyl (C=O) groups excluding carboxylic acids is 1. The van der Waals surface area contributed by atoms with E-state index in [0.717, 1.165) is 16.8 Å². The summed E-state index contributed by atoms with van der Waals surface area (Å²) in [5, 5.41) is 9.23. The van der Waals surface area contributed by atoms with Crippen LogP contribution in [0, 0.1) is 12.8 Å². The van der Waals surface area contributed by atoms with Gasteiger partial charge in [0.25, 0.3) is 0 Å². The van der Waals surface area contributed by atoms with Gasteiger partial charge in [-0.3, -0.25) is 4.79 Å². The average molecular weight is 234 g/mol. The fourth-order valence-electron chi connectivity index (χ4n) is 2.31. The largest absolute Gasteiger partial charge is 0.392 e. The van der Waals surface area contributed by atoms with E-state index >= 15 is 0 Å². The van der Waals surface area contributed by atoms with Crippen LogP contribution in [0.5, 0.6) is 0 Å². The van der Waals surface area contributed by atoms with Crippen LogP contribution in [0.2, 0.25) is 0 Å². The molecule has 92 valence electrons. The molecule has 0 spiro atoms. The highest BCUT2D eigenvalue weighted by Gasteiger charge is 2.30. The standard InChI is InChI=1S/C13H18N2O2/c1-9-11(8-16)3-2-4-12(9)15-7-10(6-14)5-13(15)17/h2-4,10,16H,5-8,14H2,1H3. The van der Waals surface area contributed by atoms with Crippen molar-refractivity contribution in [3.05, 3.63) is 29.3 Å². The minimum absolute atomic E-state index is 0.00201. The number of aliphatic hydroxyl groups excluding tert-OH is 1. The topological polar surface area (TPSA) is 66.6 Å². The molecule has 4 heteroatoms. The molecule has 1 aromatic rings. The third kappa shape index (κ3) is 2.18. The fraction of sp³-hybridized carbons (Fsp3) is 0.462. The first-order valence-corrected chi connectivity index (χ1v) is 5.87. The van der Waals surface area contributed by atoms with E-state index in [1.807, 2.05) is 25.1 Å². The predicted molar refractivity (Wildman–Crippen MR) is 66.6 cm³/mol. The van der Waals surface area contributed by atoms with E-state index in [9.17, 15) is 9.90 Å². The normalized spacial score (nSPS) is 20.1. The lowest BCUT2D eigenvalue weighted by atomic mass is 10.1. The predicted octanol–water partition coefficient (Wildman–Crippen LogP) is 0.799. The van der Waals surface area contributed by atoms with Crippen molar-refractivity contribution in [1.82, 2.24) is 0 Å². The second-order valence-electron chi connectivity index (χ2n) is 4.53. The van der Waals surface area contributed by atoms with Crippen LogP contribution in [0.1, 0.15) is 17.5 Å². The molecule has 0 saturated carbocycles. The van der Waals surface area contributed by atoms with Gasteiger partial charge in [-0.25, -0.2) is 0 Å². The molecule has 0 aliphatic carbocycles. The number of benzene rings is 1. The summed E-state index contributed by atoms with van der Waals surface area (Å²) >= 11 is 0. The van der Waals surface area contributed by atoms with E-state index in [2.05, 4.69) is 0 Å². The van der Waals surface area contributed by atoms with E-state index in [1.54, 1.807) is 4.90 Å². The first-order valence-electron chi connectivity index (χ1n) is 5.87. The Bertz CT molecular complexity index is 431. The van der Waals surface area contributed by atoms with Gasteiger partial charge >= 0.3 is 0 Å². The lowest BCUT2D eigenvalue weighted by molar-refractivity contribution is -0.117. The first-order chi connectivity index (χ1) is 8.17. The maximum atomic E-state index is 11.9. The van der Waals surface area contributed by atoms with Crippen molar-refractivity contribution in [2.24, 2.45) is 11.7 Å². The van der Waals surface area contributed by atoms with Crippen molar-refractivity contribution in [2.75, 3.05) is 18.0 Å². The average Bonchev–Trinajstić information content (AvgIpc) is 2.71. The first kappa shape index (κ1) is 12.1. The molecule has 1 unspecified atom stereocenters. The molecule has 1 saturated heterocycles. The number of rotatable bonds is 3. The van der Waals surface area contributed by atoms with Gasteiger partial charge in [0.15, 0.2) is 0 Å². The third-order valence-electron chi connectivity index (χ3n) is 3.42. The molecule has 17 heavy (non-hydrogen) atoms. The van der Waals surface area contributed by atoms with E-state index in [-0.39, 0.29) is 18.4 Å². The molecule has 3 N–H and O–H groups in total. The Morgan fingerprint density at radius 1 is 1.53 bits per heavy atom. The van der Waals surface area contributed by atoms with Crippen LogP contribution >= 0.6 is 0 Å². The van der Waals surface area contributed by atoms with Crippen LogP contribution in [0.15, 0.2) is 18.2 Å². The van der Waals surface area contributed by atoms with Crippen molar-refractivity contribution >= 4 is 11.6 Å². The molecule has 0 bridgehead atoms. The van der Waals surface area contributed by atoms with E-state index < -0.39 is 0 Å². The van der Waals surface area contributed by atoms with Crippen LogP contribution in [0.3, 0.4) is 0 Å². The molecule has 0 aromatic heterocycles. The fourth-order valence-corrected chi connectivity index (χ4v) is 2.31. The van der Waals surface area contributed by atoms with Crippen molar-refractivity contribution in [3.8, 4) is 0 Å². The molecule has 1 atom stereocenters. The Labute approximate surface area is 101 Å². The minimum atomic E-state index is 0.00201. The van der Waals surface area contributed by atoms with E-state index in [0.29, 0.717) is 19.5 Å². The maximum Gasteiger partial charge on any atom is 0.227 e. The summed E-state index contributed by atoms with van der Waals surface area (Å²) in [7, 11) is 0. The Morgan fingerprint density at radius 3 is 2.88 bits per heavy atom. The molecular weight excluding hydrogens is 216 g/mol. The Hall–Kier alpha value is -1.39. The molecule has 1 fully saturated rings. The summed E-state index contributed by atoms with van der Waals surface area (Å²) in [5.74, 6) is 0.373. The second-order valence-corrected chi connectivity index (χ2v) is 4.53. The molecule has 2 rings (SSSR count). The number of carbonyl (C=O) groups is 1. The number of nitrogens with zero attached hydrogens (tertiary/aromatic N) is 1. The van der Waals surface area contributed by atoms with Crippen LogP contribution in [-0.2, 0) is 11.4 Å². The Kier molecular flexibility index (Phi) is 3.45. The molecule has 4 nitrogen and oxygen atoms in total. The van der Waals surface area contributed by atoms with Crippen LogP contribution in [0.4, 0.5) is 5.69 Å². The third-order valence-corrected chi connectivity index (χ3v) is 3.42. The quantitative estimate of drug-likeness (QED) is 0.813. The molecule has 1 aliphatic heterocycles. The van der Waals surface area contributed by atoms with E-state index in [1.165, 1.54) is 0 Å².